The van der Waals surface area contributed by atoms with Crippen molar-refractivity contribution in [1.82, 2.24) is 5.32 Å². The summed E-state index contributed by atoms with van der Waals surface area (Å²) in [5.41, 5.74) is 6.35. The number of amides is 1. The highest BCUT2D eigenvalue weighted by Crippen LogP contribution is 2.19. The van der Waals surface area contributed by atoms with E-state index in [1.165, 1.54) is 0 Å². The molecular formula is C14H22ClIN2O2. The zero-order chi connectivity index (χ0) is 14.3. The van der Waals surface area contributed by atoms with E-state index in [0.29, 0.717) is 12.1 Å². The van der Waals surface area contributed by atoms with Crippen molar-refractivity contribution in [2.75, 3.05) is 13.7 Å². The quantitative estimate of drug-likeness (QED) is 0.677. The molecule has 0 saturated heterocycles. The van der Waals surface area contributed by atoms with Crippen LogP contribution in [0.3, 0.4) is 0 Å². The second kappa shape index (κ2) is 10.2. The van der Waals surface area contributed by atoms with Crippen molar-refractivity contribution < 1.29 is 9.53 Å². The summed E-state index contributed by atoms with van der Waals surface area (Å²) in [5, 5.41) is 2.99. The number of unbranched alkanes of at least 4 members (excludes halogenated alkanes) is 1. The molecule has 20 heavy (non-hydrogen) atoms. The molecule has 0 aliphatic heterocycles. The molecule has 3 N–H and O–H groups in total. The summed E-state index contributed by atoms with van der Waals surface area (Å²) in [5.74, 6) is 0.681. The second-order valence-corrected chi connectivity index (χ2v) is 5.56. The molecule has 0 fully saturated rings. The van der Waals surface area contributed by atoms with Crippen LogP contribution in [0.25, 0.3) is 0 Å². The lowest BCUT2D eigenvalue weighted by Gasteiger charge is -2.17. The van der Waals surface area contributed by atoms with Crippen LogP contribution in [0.2, 0.25) is 0 Å². The zero-order valence-corrected chi connectivity index (χ0v) is 14.8. The Morgan fingerprint density at radius 3 is 2.70 bits per heavy atom. The van der Waals surface area contributed by atoms with Gasteiger partial charge in [-0.3, -0.25) is 4.79 Å². The van der Waals surface area contributed by atoms with Gasteiger partial charge in [0.25, 0.3) is 5.91 Å². The minimum atomic E-state index is -0.0707. The fourth-order valence-corrected chi connectivity index (χ4v) is 2.50. The third kappa shape index (κ3) is 5.85. The summed E-state index contributed by atoms with van der Waals surface area (Å²) in [6.07, 6.45) is 3.10. The maximum Gasteiger partial charge on any atom is 0.252 e. The highest BCUT2D eigenvalue weighted by Gasteiger charge is 2.14. The van der Waals surface area contributed by atoms with E-state index in [2.05, 4.69) is 34.8 Å². The number of methoxy groups -OCH3 is 1. The molecule has 1 atom stereocenters. The van der Waals surface area contributed by atoms with E-state index in [-0.39, 0.29) is 24.4 Å². The Balaban J connectivity index is 0.00000361. The predicted molar refractivity (Wildman–Crippen MR) is 92.8 cm³/mol. The molecule has 0 spiro atoms. The normalized spacial score (nSPS) is 11.4. The topological polar surface area (TPSA) is 64.3 Å². The van der Waals surface area contributed by atoms with Crippen molar-refractivity contribution in [2.24, 2.45) is 5.73 Å². The standard InChI is InChI=1S/C14H21IN2O2.ClH/c1-3-4-5-10(9-16)17-14(18)12-7-6-11(19-2)8-13(12)15;/h6-8,10H,3-5,9,16H2,1-2H3,(H,17,18);1H. The number of nitrogens with two attached hydrogens (primary N) is 1. The number of hydrogen-bond donors (Lipinski definition) is 2. The molecule has 0 aliphatic carbocycles. The predicted octanol–water partition coefficient (Wildman–Crippen LogP) is 2.97. The van der Waals surface area contributed by atoms with Gasteiger partial charge in [-0.2, -0.15) is 0 Å². The number of ether oxygens (including phenoxy) is 1. The lowest BCUT2D eigenvalue weighted by atomic mass is 10.1. The van der Waals surface area contributed by atoms with Gasteiger partial charge in [0.2, 0.25) is 0 Å². The Labute approximate surface area is 140 Å². The Kier molecular flexibility index (Phi) is 9.96. The first-order valence-corrected chi connectivity index (χ1v) is 7.54. The highest BCUT2D eigenvalue weighted by atomic mass is 127. The summed E-state index contributed by atoms with van der Waals surface area (Å²) < 4.78 is 6.00. The lowest BCUT2D eigenvalue weighted by molar-refractivity contribution is 0.0935. The Morgan fingerprint density at radius 1 is 1.50 bits per heavy atom. The largest absolute Gasteiger partial charge is 0.497 e. The molecule has 1 amide bonds. The summed E-state index contributed by atoms with van der Waals surface area (Å²) >= 11 is 2.14. The van der Waals surface area contributed by atoms with Gasteiger partial charge in [0.15, 0.2) is 0 Å². The fourth-order valence-electron chi connectivity index (χ4n) is 1.77. The lowest BCUT2D eigenvalue weighted by Crippen LogP contribution is -2.40. The number of hydrogen-bond acceptors (Lipinski definition) is 3. The molecular weight excluding hydrogens is 391 g/mol. The van der Waals surface area contributed by atoms with E-state index < -0.39 is 0 Å². The second-order valence-electron chi connectivity index (χ2n) is 4.39. The number of benzene rings is 1. The van der Waals surface area contributed by atoms with Gasteiger partial charge in [0.1, 0.15) is 5.75 Å². The zero-order valence-electron chi connectivity index (χ0n) is 11.8. The molecule has 4 nitrogen and oxygen atoms in total. The van der Waals surface area contributed by atoms with E-state index in [0.717, 1.165) is 28.6 Å². The third-order valence-electron chi connectivity index (χ3n) is 2.95. The maximum absolute atomic E-state index is 12.2. The fraction of sp³-hybridized carbons (Fsp3) is 0.500. The smallest absolute Gasteiger partial charge is 0.252 e. The van der Waals surface area contributed by atoms with Crippen LogP contribution in [0.5, 0.6) is 5.75 Å². The van der Waals surface area contributed by atoms with Gasteiger partial charge in [0, 0.05) is 16.2 Å². The number of carbonyl (C=O) groups is 1. The third-order valence-corrected chi connectivity index (χ3v) is 3.84. The Bertz CT molecular complexity index is 430. The molecule has 0 aliphatic rings. The van der Waals surface area contributed by atoms with Crippen LogP contribution in [0.4, 0.5) is 0 Å². The molecule has 1 rings (SSSR count). The first-order valence-electron chi connectivity index (χ1n) is 6.46. The van der Waals surface area contributed by atoms with E-state index in [4.69, 9.17) is 10.5 Å². The van der Waals surface area contributed by atoms with Crippen LogP contribution in [0.15, 0.2) is 18.2 Å². The van der Waals surface area contributed by atoms with Gasteiger partial charge in [0.05, 0.1) is 12.7 Å². The van der Waals surface area contributed by atoms with E-state index in [9.17, 15) is 4.79 Å². The molecule has 0 aromatic heterocycles. The van der Waals surface area contributed by atoms with Crippen LogP contribution >= 0.6 is 35.0 Å². The van der Waals surface area contributed by atoms with E-state index >= 15 is 0 Å². The first-order chi connectivity index (χ1) is 9.12. The van der Waals surface area contributed by atoms with E-state index in [1.54, 1.807) is 19.2 Å². The van der Waals surface area contributed by atoms with Gasteiger partial charge < -0.3 is 15.8 Å². The molecule has 1 aromatic carbocycles. The van der Waals surface area contributed by atoms with Gasteiger partial charge in [-0.25, -0.2) is 0 Å². The van der Waals surface area contributed by atoms with Crippen molar-refractivity contribution >= 4 is 40.9 Å². The van der Waals surface area contributed by atoms with Crippen molar-refractivity contribution in [3.8, 4) is 5.75 Å². The summed E-state index contributed by atoms with van der Waals surface area (Å²) in [6.45, 7) is 2.60. The van der Waals surface area contributed by atoms with Gasteiger partial charge in [-0.1, -0.05) is 19.8 Å². The van der Waals surface area contributed by atoms with E-state index in [1.807, 2.05) is 6.07 Å². The molecule has 0 saturated carbocycles. The average Bonchev–Trinajstić information content (AvgIpc) is 2.42. The van der Waals surface area contributed by atoms with Crippen LogP contribution in [-0.4, -0.2) is 25.6 Å². The molecule has 6 heteroatoms. The molecule has 1 aromatic rings. The summed E-state index contributed by atoms with van der Waals surface area (Å²) in [6, 6.07) is 5.47. The number of nitrogens with one attached hydrogen (secondary N) is 1. The molecule has 0 radical (unpaired) electrons. The Morgan fingerprint density at radius 2 is 2.20 bits per heavy atom. The van der Waals surface area contributed by atoms with Crippen molar-refractivity contribution in [2.45, 2.75) is 32.2 Å². The number of halogens is 2. The molecule has 0 bridgehead atoms. The van der Waals surface area contributed by atoms with Crippen LogP contribution in [0, 0.1) is 3.57 Å². The average molecular weight is 413 g/mol. The summed E-state index contributed by atoms with van der Waals surface area (Å²) in [4.78, 5) is 12.2. The minimum absolute atomic E-state index is 0. The Hall–Kier alpha value is -0.530. The molecule has 114 valence electrons. The van der Waals surface area contributed by atoms with Crippen molar-refractivity contribution in [3.63, 3.8) is 0 Å². The van der Waals surface area contributed by atoms with Crippen molar-refractivity contribution in [1.29, 1.82) is 0 Å². The van der Waals surface area contributed by atoms with Crippen LogP contribution in [-0.2, 0) is 0 Å². The van der Waals surface area contributed by atoms with Crippen molar-refractivity contribution in [3.05, 3.63) is 27.3 Å². The number of rotatable bonds is 7. The van der Waals surface area contributed by atoms with Gasteiger partial charge in [-0.15, -0.1) is 12.4 Å². The minimum Gasteiger partial charge on any atom is -0.497 e. The number of carbonyl (C=O) groups excluding carboxylic acids is 1. The molecule has 1 unspecified atom stereocenters. The van der Waals surface area contributed by atoms with Gasteiger partial charge >= 0.3 is 0 Å². The molecule has 0 heterocycles. The van der Waals surface area contributed by atoms with Crippen LogP contribution in [0.1, 0.15) is 36.5 Å². The highest BCUT2D eigenvalue weighted by molar-refractivity contribution is 14.1. The van der Waals surface area contributed by atoms with Crippen LogP contribution < -0.4 is 15.8 Å². The SMILES string of the molecule is CCCCC(CN)NC(=O)c1ccc(OC)cc1I.Cl. The first kappa shape index (κ1) is 19.5. The summed E-state index contributed by atoms with van der Waals surface area (Å²) in [7, 11) is 1.61. The van der Waals surface area contributed by atoms with Gasteiger partial charge in [-0.05, 0) is 47.2 Å². The maximum atomic E-state index is 12.2. The monoisotopic (exact) mass is 412 g/mol.